The molecule has 0 atom stereocenters. The first kappa shape index (κ1) is 19.5. The smallest absolute Gasteiger partial charge is 0.355 e. The number of alkyl halides is 2. The zero-order chi connectivity index (χ0) is 19.5. The largest absolute Gasteiger partial charge is 0.467 e. The van der Waals surface area contributed by atoms with E-state index in [4.69, 9.17) is 9.47 Å². The van der Waals surface area contributed by atoms with E-state index in [1.807, 2.05) is 0 Å². The molecule has 26 heavy (non-hydrogen) atoms. The maximum atomic E-state index is 12.7. The van der Waals surface area contributed by atoms with Crippen molar-refractivity contribution in [3.8, 4) is 12.0 Å². The first-order chi connectivity index (χ1) is 12.2. The molecular formula is C13H13BF2N4O5S. The van der Waals surface area contributed by atoms with E-state index >= 15 is 0 Å². The average Bonchev–Trinajstić information content (AvgIpc) is 2.62. The van der Waals surface area contributed by atoms with Gasteiger partial charge in [-0.2, -0.15) is 18.7 Å². The molecular weight excluding hydrogens is 373 g/mol. The number of carbonyl (C=O) groups is 1. The van der Waals surface area contributed by atoms with Crippen LogP contribution in [0, 0.1) is 0 Å². The maximum Gasteiger partial charge on any atom is 0.355 e. The van der Waals surface area contributed by atoms with Crippen molar-refractivity contribution in [2.45, 2.75) is 5.76 Å². The van der Waals surface area contributed by atoms with Gasteiger partial charge in [-0.15, -0.1) is 4.98 Å². The van der Waals surface area contributed by atoms with E-state index in [1.165, 1.54) is 40.3 Å². The van der Waals surface area contributed by atoms with Crippen LogP contribution in [0.1, 0.15) is 16.2 Å². The molecule has 1 N–H and O–H groups in total. The number of ketones is 1. The Bertz CT molecular complexity index is 920. The zero-order valence-electron chi connectivity index (χ0n) is 13.9. The Morgan fingerprint density at radius 3 is 2.23 bits per heavy atom. The molecule has 0 radical (unpaired) electrons. The number of benzene rings is 1. The normalized spacial score (nSPS) is 11.3. The lowest BCUT2D eigenvalue weighted by molar-refractivity contribution is 0.102. The van der Waals surface area contributed by atoms with Gasteiger partial charge in [-0.25, -0.2) is 8.42 Å². The van der Waals surface area contributed by atoms with Crippen molar-refractivity contribution in [1.82, 2.24) is 15.0 Å². The number of para-hydroxylation sites is 1. The molecule has 0 aliphatic carbocycles. The summed E-state index contributed by atoms with van der Waals surface area (Å²) in [7, 11) is -0.999. The summed E-state index contributed by atoms with van der Waals surface area (Å²) in [6.45, 7) is 0. The minimum absolute atomic E-state index is 0.206. The Kier molecular flexibility index (Phi) is 5.70. The number of ether oxygens (including phenoxy) is 2. The third-order valence-corrected chi connectivity index (χ3v) is 4.12. The molecule has 0 unspecified atom stereocenters. The predicted molar refractivity (Wildman–Crippen MR) is 89.5 cm³/mol. The molecule has 2 rings (SSSR count). The molecule has 0 saturated heterocycles. The van der Waals surface area contributed by atoms with Gasteiger partial charge < -0.3 is 9.47 Å². The Morgan fingerprint density at radius 2 is 1.73 bits per heavy atom. The first-order valence-electron chi connectivity index (χ1n) is 6.97. The van der Waals surface area contributed by atoms with Crippen molar-refractivity contribution in [3.05, 3.63) is 29.6 Å². The van der Waals surface area contributed by atoms with Gasteiger partial charge in [-0.3, -0.25) is 9.52 Å². The zero-order valence-corrected chi connectivity index (χ0v) is 14.7. The van der Waals surface area contributed by atoms with Gasteiger partial charge in [0.2, 0.25) is 11.6 Å². The molecule has 9 nitrogen and oxygen atoms in total. The van der Waals surface area contributed by atoms with E-state index in [-0.39, 0.29) is 28.7 Å². The van der Waals surface area contributed by atoms with Gasteiger partial charge in [0, 0.05) is 5.56 Å². The third kappa shape index (κ3) is 4.04. The molecule has 0 spiro atoms. The summed E-state index contributed by atoms with van der Waals surface area (Å²) in [6, 6.07) is 3.75. The van der Waals surface area contributed by atoms with Crippen LogP contribution in [0.15, 0.2) is 18.2 Å². The van der Waals surface area contributed by atoms with Crippen LogP contribution in [0.5, 0.6) is 12.0 Å². The monoisotopic (exact) mass is 386 g/mol. The predicted octanol–water partition coefficient (Wildman–Crippen LogP) is -0.658. The number of halogens is 2. The summed E-state index contributed by atoms with van der Waals surface area (Å²) >= 11 is 0. The summed E-state index contributed by atoms with van der Waals surface area (Å²) in [6.07, 6.45) is 0. The number of hydrogen-bond donors (Lipinski definition) is 1. The summed E-state index contributed by atoms with van der Waals surface area (Å²) in [4.78, 5) is 24.0. The van der Waals surface area contributed by atoms with Crippen molar-refractivity contribution in [2.75, 3.05) is 18.9 Å². The highest BCUT2D eigenvalue weighted by Crippen LogP contribution is 2.20. The fourth-order valence-corrected chi connectivity index (χ4v) is 2.57. The number of sulfonamides is 1. The number of methoxy groups -OCH3 is 2. The summed E-state index contributed by atoms with van der Waals surface area (Å²) in [5.41, 5.74) is -0.256. The summed E-state index contributed by atoms with van der Waals surface area (Å²) < 4.78 is 59.8. The van der Waals surface area contributed by atoms with Crippen molar-refractivity contribution in [3.63, 3.8) is 0 Å². The second-order valence-electron chi connectivity index (χ2n) is 4.87. The van der Waals surface area contributed by atoms with Crippen molar-refractivity contribution in [2.24, 2.45) is 0 Å². The van der Waals surface area contributed by atoms with Gasteiger partial charge in [0.25, 0.3) is 10.0 Å². The fraction of sp³-hybridized carbons (Fsp3) is 0.231. The highest BCUT2D eigenvalue weighted by Gasteiger charge is 2.28. The lowest BCUT2D eigenvalue weighted by atomic mass is 9.90. The second kappa shape index (κ2) is 7.60. The second-order valence-corrected chi connectivity index (χ2v) is 6.52. The molecule has 0 saturated carbocycles. The average molecular weight is 386 g/mol. The maximum absolute atomic E-state index is 12.7. The van der Waals surface area contributed by atoms with Gasteiger partial charge in [-0.1, -0.05) is 17.6 Å². The van der Waals surface area contributed by atoms with Crippen LogP contribution in [0.3, 0.4) is 0 Å². The molecule has 1 aromatic carbocycles. The summed E-state index contributed by atoms with van der Waals surface area (Å²) in [5, 5.41) is 0. The standard InChI is InChI=1S/C13H13BF2N4O5S/c1-24-12-17-10(18-13(19-12)25-2)9(21)6-4-3-5-7(14)8(6)20-26(22,23)11(15)16/h3-5,11,20H,14H2,1-2H3. The number of rotatable bonds is 7. The Balaban J connectivity index is 2.56. The summed E-state index contributed by atoms with van der Waals surface area (Å²) in [5.74, 6) is -4.90. The van der Waals surface area contributed by atoms with E-state index in [2.05, 4.69) is 15.0 Å². The quantitative estimate of drug-likeness (QED) is 0.492. The molecule has 0 fully saturated rings. The van der Waals surface area contributed by atoms with Crippen LogP contribution < -0.4 is 19.7 Å². The molecule has 1 aromatic heterocycles. The van der Waals surface area contributed by atoms with E-state index < -0.39 is 27.4 Å². The minimum Gasteiger partial charge on any atom is -0.467 e. The lowest BCUT2D eigenvalue weighted by Crippen LogP contribution is -2.27. The SMILES string of the molecule is Bc1cccc(C(=O)c2nc(OC)nc(OC)n2)c1NS(=O)(=O)C(F)F. The van der Waals surface area contributed by atoms with Gasteiger partial charge in [-0.05, 0) is 6.07 Å². The van der Waals surface area contributed by atoms with Gasteiger partial charge in [0.15, 0.2) is 0 Å². The van der Waals surface area contributed by atoms with Gasteiger partial charge in [0.05, 0.1) is 19.9 Å². The Morgan fingerprint density at radius 1 is 1.15 bits per heavy atom. The molecule has 138 valence electrons. The lowest BCUT2D eigenvalue weighted by Gasteiger charge is -2.14. The molecule has 0 bridgehead atoms. The molecule has 13 heteroatoms. The first-order valence-corrected chi connectivity index (χ1v) is 8.52. The highest BCUT2D eigenvalue weighted by atomic mass is 32.2. The molecule has 0 aliphatic rings. The number of nitrogens with zero attached hydrogens (tertiary/aromatic N) is 3. The van der Waals surface area contributed by atoms with Crippen LogP contribution in [0.4, 0.5) is 14.5 Å². The van der Waals surface area contributed by atoms with Gasteiger partial charge in [0.1, 0.15) is 7.85 Å². The molecule has 2 aromatic rings. The molecule has 1 heterocycles. The number of anilines is 1. The molecule has 0 amide bonds. The number of nitrogens with one attached hydrogen (secondary N) is 1. The van der Waals surface area contributed by atoms with E-state index in [1.54, 1.807) is 4.72 Å². The van der Waals surface area contributed by atoms with E-state index in [0.29, 0.717) is 0 Å². The van der Waals surface area contributed by atoms with Crippen LogP contribution in [0.2, 0.25) is 0 Å². The highest BCUT2D eigenvalue weighted by molar-refractivity contribution is 7.93. The third-order valence-electron chi connectivity index (χ3n) is 3.16. The van der Waals surface area contributed by atoms with Gasteiger partial charge >= 0.3 is 17.8 Å². The van der Waals surface area contributed by atoms with Crippen LogP contribution in [0.25, 0.3) is 0 Å². The topological polar surface area (TPSA) is 120 Å². The fourth-order valence-electron chi connectivity index (χ4n) is 1.92. The van der Waals surface area contributed by atoms with Crippen LogP contribution in [-0.2, 0) is 10.0 Å². The van der Waals surface area contributed by atoms with Crippen LogP contribution >= 0.6 is 0 Å². The van der Waals surface area contributed by atoms with Crippen molar-refractivity contribution < 1.29 is 31.5 Å². The van der Waals surface area contributed by atoms with Crippen molar-refractivity contribution >= 4 is 34.8 Å². The van der Waals surface area contributed by atoms with Crippen LogP contribution in [-0.4, -0.2) is 57.0 Å². The van der Waals surface area contributed by atoms with E-state index in [9.17, 15) is 22.0 Å². The molecule has 0 aliphatic heterocycles. The number of carbonyl (C=O) groups excluding carboxylic acids is 1. The Hall–Kier alpha value is -2.83. The van der Waals surface area contributed by atoms with E-state index in [0.717, 1.165) is 0 Å². The number of aromatic nitrogens is 3. The number of hydrogen-bond acceptors (Lipinski definition) is 8. The minimum atomic E-state index is -4.98. The van der Waals surface area contributed by atoms with Crippen molar-refractivity contribution in [1.29, 1.82) is 0 Å². The Labute approximate surface area is 148 Å².